The summed E-state index contributed by atoms with van der Waals surface area (Å²) in [5.74, 6) is 0. The van der Waals surface area contributed by atoms with Gasteiger partial charge in [-0.05, 0) is 68.1 Å². The number of thiophene rings is 1. The van der Waals surface area contributed by atoms with Gasteiger partial charge in [0, 0.05) is 21.2 Å². The number of nitrogens with zero attached hydrogens (tertiary/aromatic N) is 1. The molecule has 0 saturated heterocycles. The molecule has 0 spiro atoms. The molecule has 0 aliphatic rings. The second-order valence-corrected chi connectivity index (χ2v) is 11.9. The van der Waals surface area contributed by atoms with E-state index in [4.69, 9.17) is 0 Å². The number of hydrogen-bond acceptors (Lipinski definition) is 1. The number of aromatic nitrogens is 1. The van der Waals surface area contributed by atoms with Crippen LogP contribution < -0.4 is 0 Å². The van der Waals surface area contributed by atoms with Crippen LogP contribution in [-0.4, -0.2) is 4.57 Å². The summed E-state index contributed by atoms with van der Waals surface area (Å²) in [6.45, 7) is 0. The molecule has 0 radical (unpaired) electrons. The molecule has 0 atom stereocenters. The normalized spacial score (nSPS) is 11.8. The van der Waals surface area contributed by atoms with Gasteiger partial charge in [0.2, 0.25) is 0 Å². The zero-order valence-electron chi connectivity index (χ0n) is 22.8. The largest absolute Gasteiger partial charge is 0.308 e. The zero-order chi connectivity index (χ0) is 27.6. The van der Waals surface area contributed by atoms with Crippen LogP contribution in [0.2, 0.25) is 0 Å². The highest BCUT2D eigenvalue weighted by atomic mass is 32.1. The topological polar surface area (TPSA) is 4.93 Å². The number of rotatable bonds is 3. The Bertz CT molecular complexity index is 2390. The first-order valence-electron chi connectivity index (χ1n) is 14.4. The molecular weight excluding hydrogens is 527 g/mol. The lowest BCUT2D eigenvalue weighted by atomic mass is 9.86. The smallest absolute Gasteiger partial charge is 0.0727 e. The van der Waals surface area contributed by atoms with Gasteiger partial charge in [-0.2, -0.15) is 0 Å². The Morgan fingerprint density at radius 2 is 0.929 bits per heavy atom. The second kappa shape index (κ2) is 9.17. The van der Waals surface area contributed by atoms with Crippen molar-refractivity contribution in [3.8, 4) is 27.9 Å². The van der Waals surface area contributed by atoms with Gasteiger partial charge < -0.3 is 4.57 Å². The Morgan fingerprint density at radius 3 is 1.57 bits per heavy atom. The molecule has 2 aromatic heterocycles. The van der Waals surface area contributed by atoms with Gasteiger partial charge in [0.25, 0.3) is 0 Å². The Kier molecular flexibility index (Phi) is 5.13. The maximum absolute atomic E-state index is 2.43. The third-order valence-corrected chi connectivity index (χ3v) is 9.75. The zero-order valence-corrected chi connectivity index (χ0v) is 23.6. The van der Waals surface area contributed by atoms with Crippen molar-refractivity contribution in [1.29, 1.82) is 0 Å². The highest BCUT2D eigenvalue weighted by Gasteiger charge is 2.20. The minimum Gasteiger partial charge on any atom is -0.308 e. The fourth-order valence-corrected chi connectivity index (χ4v) is 8.09. The molecule has 0 unspecified atom stereocenters. The van der Waals surface area contributed by atoms with E-state index in [1.54, 1.807) is 0 Å². The van der Waals surface area contributed by atoms with E-state index in [0.717, 1.165) is 0 Å². The third kappa shape index (κ3) is 3.36. The molecule has 196 valence electrons. The molecule has 7 aromatic carbocycles. The molecule has 2 heterocycles. The van der Waals surface area contributed by atoms with Gasteiger partial charge in [0.15, 0.2) is 0 Å². The first-order chi connectivity index (χ1) is 20.9. The Morgan fingerprint density at radius 1 is 0.405 bits per heavy atom. The Labute approximate surface area is 247 Å². The van der Waals surface area contributed by atoms with E-state index in [0.29, 0.717) is 0 Å². The molecule has 0 amide bonds. The average Bonchev–Trinajstić information content (AvgIpc) is 3.58. The third-order valence-electron chi connectivity index (χ3n) is 8.57. The average molecular weight is 552 g/mol. The maximum atomic E-state index is 2.43. The van der Waals surface area contributed by atoms with Crippen molar-refractivity contribution in [3.63, 3.8) is 0 Å². The SMILES string of the molecule is c1ccc(-c2c3ccccc3c(-c3ccc4c(c3)sc3c5ccccc5n(-c5ccccc5)c43)c3ccccc23)cc1. The molecule has 9 aromatic rings. The summed E-state index contributed by atoms with van der Waals surface area (Å²) in [6, 6.07) is 55.2. The van der Waals surface area contributed by atoms with E-state index >= 15 is 0 Å². The number of fused-ring (bicyclic) bond motifs is 7. The molecule has 9 rings (SSSR count). The van der Waals surface area contributed by atoms with Gasteiger partial charge >= 0.3 is 0 Å². The van der Waals surface area contributed by atoms with Crippen molar-refractivity contribution in [3.05, 3.63) is 152 Å². The standard InChI is InChI=1S/C40H25NS/c1-3-13-26(14-4-1)37-29-17-7-9-19-31(29)38(32-20-10-8-18-30(32)37)27-23-24-34-36(25-27)42-40-33-21-11-12-22-35(33)41(39(34)40)28-15-5-2-6-16-28/h1-25H. The van der Waals surface area contributed by atoms with Crippen molar-refractivity contribution in [2.45, 2.75) is 0 Å². The molecular formula is C40H25NS. The molecule has 1 nitrogen and oxygen atoms in total. The molecule has 0 fully saturated rings. The monoisotopic (exact) mass is 551 g/mol. The van der Waals surface area contributed by atoms with Crippen LogP contribution in [0.1, 0.15) is 0 Å². The van der Waals surface area contributed by atoms with Gasteiger partial charge in [-0.1, -0.05) is 127 Å². The summed E-state index contributed by atoms with van der Waals surface area (Å²) in [5.41, 5.74) is 8.86. The van der Waals surface area contributed by atoms with Crippen molar-refractivity contribution >= 4 is 64.1 Å². The molecule has 0 aliphatic heterocycles. The molecule has 0 bridgehead atoms. The van der Waals surface area contributed by atoms with E-state index in [1.807, 2.05) is 11.3 Å². The number of hydrogen-bond donors (Lipinski definition) is 0. The van der Waals surface area contributed by atoms with Crippen molar-refractivity contribution in [1.82, 2.24) is 4.57 Å². The fraction of sp³-hybridized carbons (Fsp3) is 0. The second-order valence-electron chi connectivity index (χ2n) is 10.9. The summed E-state index contributed by atoms with van der Waals surface area (Å²) < 4.78 is 5.09. The van der Waals surface area contributed by atoms with Gasteiger partial charge in [-0.25, -0.2) is 0 Å². The highest BCUT2D eigenvalue weighted by Crippen LogP contribution is 2.47. The van der Waals surface area contributed by atoms with E-state index in [-0.39, 0.29) is 0 Å². The van der Waals surface area contributed by atoms with Gasteiger partial charge in [-0.15, -0.1) is 11.3 Å². The predicted octanol–water partition coefficient (Wildman–Crippen LogP) is 11.6. The van der Waals surface area contributed by atoms with Gasteiger partial charge in [-0.3, -0.25) is 0 Å². The van der Waals surface area contributed by atoms with E-state index in [1.165, 1.54) is 80.7 Å². The molecule has 42 heavy (non-hydrogen) atoms. The first-order valence-corrected chi connectivity index (χ1v) is 15.2. The van der Waals surface area contributed by atoms with Crippen molar-refractivity contribution < 1.29 is 0 Å². The predicted molar refractivity (Wildman–Crippen MR) is 182 cm³/mol. The summed E-state index contributed by atoms with van der Waals surface area (Å²) in [6.07, 6.45) is 0. The number of benzene rings is 7. The van der Waals surface area contributed by atoms with E-state index in [9.17, 15) is 0 Å². The van der Waals surface area contributed by atoms with E-state index in [2.05, 4.69) is 156 Å². The van der Waals surface area contributed by atoms with Crippen LogP contribution in [0, 0.1) is 0 Å². The first kappa shape index (κ1) is 23.5. The Hall–Kier alpha value is -5.18. The van der Waals surface area contributed by atoms with Crippen molar-refractivity contribution in [2.75, 3.05) is 0 Å². The molecule has 2 heteroatoms. The highest BCUT2D eigenvalue weighted by molar-refractivity contribution is 7.26. The van der Waals surface area contributed by atoms with Crippen LogP contribution in [0.3, 0.4) is 0 Å². The van der Waals surface area contributed by atoms with Crippen LogP contribution >= 0.6 is 11.3 Å². The van der Waals surface area contributed by atoms with Crippen LogP contribution in [0.25, 0.3) is 80.7 Å². The lowest BCUT2D eigenvalue weighted by Crippen LogP contribution is -1.93. The lowest BCUT2D eigenvalue weighted by molar-refractivity contribution is 1.19. The minimum atomic E-state index is 1.20. The fourth-order valence-electron chi connectivity index (χ4n) is 6.82. The van der Waals surface area contributed by atoms with Crippen molar-refractivity contribution in [2.24, 2.45) is 0 Å². The van der Waals surface area contributed by atoms with Crippen LogP contribution in [0.4, 0.5) is 0 Å². The van der Waals surface area contributed by atoms with Gasteiger partial charge in [0.05, 0.1) is 15.7 Å². The van der Waals surface area contributed by atoms with Crippen LogP contribution in [-0.2, 0) is 0 Å². The lowest BCUT2D eigenvalue weighted by Gasteiger charge is -2.17. The Balaban J connectivity index is 1.36. The summed E-state index contributed by atoms with van der Waals surface area (Å²) in [4.78, 5) is 0. The van der Waals surface area contributed by atoms with Crippen LogP contribution in [0.15, 0.2) is 152 Å². The van der Waals surface area contributed by atoms with Gasteiger partial charge in [0.1, 0.15) is 0 Å². The van der Waals surface area contributed by atoms with E-state index < -0.39 is 0 Å². The van der Waals surface area contributed by atoms with Crippen LogP contribution in [0.5, 0.6) is 0 Å². The summed E-state index contributed by atoms with van der Waals surface area (Å²) in [5, 5.41) is 7.76. The summed E-state index contributed by atoms with van der Waals surface area (Å²) in [7, 11) is 0. The summed E-state index contributed by atoms with van der Waals surface area (Å²) >= 11 is 1.91. The molecule has 0 saturated carbocycles. The quantitative estimate of drug-likeness (QED) is 0.192. The minimum absolute atomic E-state index is 1.20. The maximum Gasteiger partial charge on any atom is 0.0727 e. The molecule has 0 N–H and O–H groups in total. The number of para-hydroxylation sites is 2. The molecule has 0 aliphatic carbocycles.